The molecule has 8 nitrogen and oxygen atoms in total. The summed E-state index contributed by atoms with van der Waals surface area (Å²) in [6.07, 6.45) is 0. The maximum absolute atomic E-state index is 13.0. The quantitative estimate of drug-likeness (QED) is 0.256. The van der Waals surface area contributed by atoms with Crippen LogP contribution >= 0.6 is 0 Å². The minimum Gasteiger partial charge on any atom is -0.423 e. The molecule has 0 saturated carbocycles. The van der Waals surface area contributed by atoms with Crippen LogP contribution in [-0.2, 0) is 10.0 Å². The minimum absolute atomic E-state index is 0.0340. The van der Waals surface area contributed by atoms with Crippen molar-refractivity contribution < 1.29 is 22.9 Å². The molecule has 0 saturated heterocycles. The van der Waals surface area contributed by atoms with Gasteiger partial charge in [-0.25, -0.2) is 13.2 Å². The van der Waals surface area contributed by atoms with E-state index in [0.717, 1.165) is 9.87 Å². The standard InChI is InChI=1S/C21H18N2O6S/c1-15-6-8-17(9-7-15)22(2)30(27,28)20-5-3-4-16(14-20)21(24)29-19-12-10-18(11-13-19)23(25)26/h3-14H,1-2H3. The second-order valence-electron chi connectivity index (χ2n) is 6.48. The first-order valence-corrected chi connectivity index (χ1v) is 10.2. The first-order valence-electron chi connectivity index (χ1n) is 8.81. The number of nitro benzene ring substituents is 1. The second-order valence-corrected chi connectivity index (χ2v) is 8.45. The van der Waals surface area contributed by atoms with Gasteiger partial charge in [0.15, 0.2) is 0 Å². The Bertz CT molecular complexity index is 1190. The van der Waals surface area contributed by atoms with E-state index in [1.54, 1.807) is 24.3 Å². The number of non-ortho nitro benzene ring substituents is 1. The second kappa shape index (κ2) is 8.34. The molecule has 0 N–H and O–H groups in total. The number of nitro groups is 1. The Balaban J connectivity index is 1.83. The minimum atomic E-state index is -3.90. The number of nitrogens with zero attached hydrogens (tertiary/aromatic N) is 2. The first-order chi connectivity index (χ1) is 14.2. The van der Waals surface area contributed by atoms with E-state index in [1.807, 2.05) is 6.92 Å². The Kier molecular flexibility index (Phi) is 5.84. The Labute approximate surface area is 173 Å². The van der Waals surface area contributed by atoms with Gasteiger partial charge in [0, 0.05) is 19.2 Å². The largest absolute Gasteiger partial charge is 0.423 e. The molecular weight excluding hydrogens is 408 g/mol. The number of carbonyl (C=O) groups excluding carboxylic acids is 1. The molecule has 9 heteroatoms. The molecule has 0 aliphatic heterocycles. The SMILES string of the molecule is Cc1ccc(N(C)S(=O)(=O)c2cccc(C(=O)Oc3ccc([N+](=O)[O-])cc3)c2)cc1. The summed E-state index contributed by atoms with van der Waals surface area (Å²) in [5.74, 6) is -0.672. The Morgan fingerprint density at radius 1 is 1.00 bits per heavy atom. The molecule has 3 aromatic rings. The lowest BCUT2D eigenvalue weighted by molar-refractivity contribution is -0.384. The summed E-state index contributed by atoms with van der Waals surface area (Å²) < 4.78 is 32.2. The van der Waals surface area contributed by atoms with Gasteiger partial charge in [0.25, 0.3) is 15.7 Å². The summed E-state index contributed by atoms with van der Waals surface area (Å²) in [6, 6.07) is 17.5. The van der Waals surface area contributed by atoms with Crippen LogP contribution in [0.3, 0.4) is 0 Å². The average Bonchev–Trinajstić information content (AvgIpc) is 2.74. The normalized spacial score (nSPS) is 11.0. The van der Waals surface area contributed by atoms with Gasteiger partial charge >= 0.3 is 5.97 Å². The molecule has 0 aliphatic rings. The van der Waals surface area contributed by atoms with Gasteiger partial charge in [-0.1, -0.05) is 23.8 Å². The molecular formula is C21H18N2O6S. The van der Waals surface area contributed by atoms with Crippen molar-refractivity contribution in [1.82, 2.24) is 0 Å². The van der Waals surface area contributed by atoms with E-state index in [9.17, 15) is 23.3 Å². The fourth-order valence-electron chi connectivity index (χ4n) is 2.64. The number of anilines is 1. The van der Waals surface area contributed by atoms with E-state index >= 15 is 0 Å². The monoisotopic (exact) mass is 426 g/mol. The van der Waals surface area contributed by atoms with Crippen molar-refractivity contribution in [3.8, 4) is 5.75 Å². The number of sulfonamides is 1. The summed E-state index contributed by atoms with van der Waals surface area (Å²) in [5, 5.41) is 10.7. The molecule has 30 heavy (non-hydrogen) atoms. The number of carbonyl (C=O) groups is 1. The van der Waals surface area contributed by atoms with Crippen LogP contribution in [-0.4, -0.2) is 26.4 Å². The number of aryl methyl sites for hydroxylation is 1. The number of esters is 1. The fraction of sp³-hybridized carbons (Fsp3) is 0.0952. The van der Waals surface area contributed by atoms with E-state index in [-0.39, 0.29) is 21.9 Å². The summed E-state index contributed by atoms with van der Waals surface area (Å²) in [6.45, 7) is 1.90. The number of benzene rings is 3. The molecule has 0 heterocycles. The van der Waals surface area contributed by atoms with Crippen LogP contribution in [0, 0.1) is 17.0 Å². The lowest BCUT2D eigenvalue weighted by Gasteiger charge is -2.20. The van der Waals surface area contributed by atoms with Crippen molar-refractivity contribution >= 4 is 27.4 Å². The van der Waals surface area contributed by atoms with E-state index in [1.165, 1.54) is 55.6 Å². The van der Waals surface area contributed by atoms with Crippen LogP contribution in [0.5, 0.6) is 5.75 Å². The Morgan fingerprint density at radius 3 is 2.23 bits per heavy atom. The summed E-state index contributed by atoms with van der Waals surface area (Å²) in [7, 11) is -2.47. The van der Waals surface area contributed by atoms with Crippen molar-refractivity contribution in [3.05, 3.63) is 94.0 Å². The smallest absolute Gasteiger partial charge is 0.343 e. The zero-order valence-corrected chi connectivity index (χ0v) is 17.0. The molecule has 0 bridgehead atoms. The van der Waals surface area contributed by atoms with Crippen molar-refractivity contribution in [3.63, 3.8) is 0 Å². The van der Waals surface area contributed by atoms with Gasteiger partial charge in [0.2, 0.25) is 0 Å². The van der Waals surface area contributed by atoms with Crippen LogP contribution in [0.2, 0.25) is 0 Å². The molecule has 154 valence electrons. The maximum atomic E-state index is 13.0. The van der Waals surface area contributed by atoms with E-state index in [2.05, 4.69) is 0 Å². The number of hydrogen-bond donors (Lipinski definition) is 0. The van der Waals surface area contributed by atoms with Crippen LogP contribution in [0.4, 0.5) is 11.4 Å². The molecule has 3 rings (SSSR count). The predicted octanol–water partition coefficient (Wildman–Crippen LogP) is 3.95. The van der Waals surface area contributed by atoms with Crippen LogP contribution in [0.25, 0.3) is 0 Å². The molecule has 0 spiro atoms. The van der Waals surface area contributed by atoms with Crippen LogP contribution < -0.4 is 9.04 Å². The summed E-state index contributed by atoms with van der Waals surface area (Å²) in [4.78, 5) is 22.5. The topological polar surface area (TPSA) is 107 Å². The highest BCUT2D eigenvalue weighted by atomic mass is 32.2. The van der Waals surface area contributed by atoms with Crippen molar-refractivity contribution in [1.29, 1.82) is 0 Å². The molecule has 0 unspecified atom stereocenters. The predicted molar refractivity (Wildman–Crippen MR) is 111 cm³/mol. The molecule has 0 radical (unpaired) electrons. The van der Waals surface area contributed by atoms with Gasteiger partial charge in [-0.3, -0.25) is 14.4 Å². The molecule has 0 aromatic heterocycles. The van der Waals surface area contributed by atoms with E-state index < -0.39 is 20.9 Å². The Morgan fingerprint density at radius 2 is 1.63 bits per heavy atom. The maximum Gasteiger partial charge on any atom is 0.343 e. The molecule has 0 aliphatic carbocycles. The van der Waals surface area contributed by atoms with E-state index in [0.29, 0.717) is 5.69 Å². The van der Waals surface area contributed by atoms with Crippen LogP contribution in [0.15, 0.2) is 77.7 Å². The highest BCUT2D eigenvalue weighted by molar-refractivity contribution is 7.92. The van der Waals surface area contributed by atoms with Gasteiger partial charge < -0.3 is 4.74 Å². The third kappa shape index (κ3) is 4.47. The highest BCUT2D eigenvalue weighted by Crippen LogP contribution is 2.24. The third-order valence-corrected chi connectivity index (χ3v) is 6.17. The number of ether oxygens (including phenoxy) is 1. The van der Waals surface area contributed by atoms with E-state index in [4.69, 9.17) is 4.74 Å². The zero-order valence-electron chi connectivity index (χ0n) is 16.2. The van der Waals surface area contributed by atoms with Gasteiger partial charge in [-0.2, -0.15) is 0 Å². The third-order valence-electron chi connectivity index (χ3n) is 4.38. The zero-order chi connectivity index (χ0) is 21.9. The van der Waals surface area contributed by atoms with Crippen molar-refractivity contribution in [2.24, 2.45) is 0 Å². The highest BCUT2D eigenvalue weighted by Gasteiger charge is 2.23. The van der Waals surface area contributed by atoms with Crippen molar-refractivity contribution in [2.75, 3.05) is 11.4 Å². The van der Waals surface area contributed by atoms with Gasteiger partial charge in [0.05, 0.1) is 21.1 Å². The molecule has 0 fully saturated rings. The molecule has 0 amide bonds. The Hall–Kier alpha value is -3.72. The summed E-state index contributed by atoms with van der Waals surface area (Å²) >= 11 is 0. The fourth-order valence-corrected chi connectivity index (χ4v) is 3.88. The van der Waals surface area contributed by atoms with Gasteiger partial charge in [-0.05, 0) is 49.4 Å². The lowest BCUT2D eigenvalue weighted by Crippen LogP contribution is -2.26. The first kappa shape index (κ1) is 21.0. The van der Waals surface area contributed by atoms with Crippen molar-refractivity contribution in [2.45, 2.75) is 11.8 Å². The van der Waals surface area contributed by atoms with Gasteiger partial charge in [-0.15, -0.1) is 0 Å². The summed E-state index contributed by atoms with van der Waals surface area (Å²) in [5.41, 5.74) is 1.38. The lowest BCUT2D eigenvalue weighted by atomic mass is 10.2. The average molecular weight is 426 g/mol. The number of rotatable bonds is 6. The molecule has 0 atom stereocenters. The van der Waals surface area contributed by atoms with Crippen LogP contribution in [0.1, 0.15) is 15.9 Å². The van der Waals surface area contributed by atoms with Gasteiger partial charge in [0.1, 0.15) is 5.75 Å². The number of hydrogen-bond acceptors (Lipinski definition) is 6. The molecule has 3 aromatic carbocycles.